The van der Waals surface area contributed by atoms with Crippen LogP contribution in [0.5, 0.6) is 0 Å². The van der Waals surface area contributed by atoms with Crippen LogP contribution in [0.15, 0.2) is 0 Å². The van der Waals surface area contributed by atoms with E-state index in [1.165, 1.54) is 13.3 Å². The maximum atomic E-state index is 10.0. The monoisotopic (exact) mass is 95.0 g/mol. The van der Waals surface area contributed by atoms with Crippen LogP contribution in [0.1, 0.15) is 13.8 Å². The molecule has 1 radical (unpaired) electrons. The Hall–Kier alpha value is -0.770. The molecule has 0 atom stereocenters. The second-order valence-corrected chi connectivity index (χ2v) is 1.15. The van der Waals surface area contributed by atoms with Gasteiger partial charge in [-0.3, -0.25) is 4.79 Å². The zero-order valence-corrected chi connectivity index (χ0v) is 4.49. The van der Waals surface area contributed by atoms with Crippen LogP contribution in [0.3, 0.4) is 0 Å². The lowest BCUT2D eigenvalue weighted by molar-refractivity contribution is -0.113. The molecule has 1 heteroatoms. The minimum absolute atomic E-state index is 0.00866. The lowest BCUT2D eigenvalue weighted by Gasteiger charge is -1.72. The maximum Gasteiger partial charge on any atom is 0.146 e. The number of rotatable bonds is 1. The van der Waals surface area contributed by atoms with E-state index in [9.17, 15) is 4.79 Å². The highest BCUT2D eigenvalue weighted by Crippen LogP contribution is 1.72. The van der Waals surface area contributed by atoms with Gasteiger partial charge in [0.15, 0.2) is 0 Å². The van der Waals surface area contributed by atoms with Gasteiger partial charge < -0.3 is 0 Å². The fourth-order valence-corrected chi connectivity index (χ4v) is 0.174. The first-order chi connectivity index (χ1) is 3.27. The van der Waals surface area contributed by atoms with E-state index in [4.69, 9.17) is 0 Å². The van der Waals surface area contributed by atoms with Crippen LogP contribution in [0.25, 0.3) is 0 Å². The molecule has 0 N–H and O–H groups in total. The summed E-state index contributed by atoms with van der Waals surface area (Å²) < 4.78 is 0. The molecular weight excluding hydrogens is 88.1 g/mol. The number of Topliss-reactive ketones (excluding diaryl/α,β-unsaturated/α-hetero) is 1. The molecule has 0 fully saturated rings. The molecule has 0 unspecified atom stereocenters. The average Bonchev–Trinajstić information content (AvgIpc) is 1.61. The fraction of sp³-hybridized carbons (Fsp3) is 0.333. The molecule has 0 aliphatic rings. The van der Waals surface area contributed by atoms with E-state index < -0.39 is 0 Å². The Labute approximate surface area is 43.7 Å². The molecule has 0 heterocycles. The standard InChI is InChI=1S/C6H7O/c1-3-4-5-6(2)7/h5H,1-2H3. The van der Waals surface area contributed by atoms with E-state index in [1.54, 1.807) is 6.92 Å². The minimum Gasteiger partial charge on any atom is -0.299 e. The quantitative estimate of drug-likeness (QED) is 0.440. The Morgan fingerprint density at radius 3 is 2.43 bits per heavy atom. The molecule has 1 nitrogen and oxygen atoms in total. The van der Waals surface area contributed by atoms with Crippen molar-refractivity contribution in [2.24, 2.45) is 0 Å². The third kappa shape index (κ3) is 5.23. The molecular formula is C6H7O. The third-order valence-corrected chi connectivity index (χ3v) is 0.420. The summed E-state index contributed by atoms with van der Waals surface area (Å²) >= 11 is 0. The molecule has 0 saturated carbocycles. The fourth-order valence-electron chi connectivity index (χ4n) is 0.174. The first-order valence-corrected chi connectivity index (χ1v) is 2.03. The average molecular weight is 95.1 g/mol. The van der Waals surface area contributed by atoms with Gasteiger partial charge in [-0.2, -0.15) is 0 Å². The van der Waals surface area contributed by atoms with Gasteiger partial charge in [-0.05, 0) is 13.8 Å². The summed E-state index contributed by atoms with van der Waals surface area (Å²) in [4.78, 5) is 10.0. The summed E-state index contributed by atoms with van der Waals surface area (Å²) in [5.41, 5.74) is 0. The van der Waals surface area contributed by atoms with Crippen LogP contribution in [-0.4, -0.2) is 5.78 Å². The van der Waals surface area contributed by atoms with E-state index in [1.807, 2.05) is 0 Å². The largest absolute Gasteiger partial charge is 0.299 e. The zero-order valence-electron chi connectivity index (χ0n) is 4.49. The molecule has 0 aliphatic carbocycles. The predicted molar refractivity (Wildman–Crippen MR) is 28.4 cm³/mol. The van der Waals surface area contributed by atoms with Crippen LogP contribution in [0, 0.1) is 18.3 Å². The number of carbonyl (C=O) groups excluding carboxylic acids is 1. The highest BCUT2D eigenvalue weighted by molar-refractivity contribution is 5.87. The van der Waals surface area contributed by atoms with Crippen molar-refractivity contribution in [3.63, 3.8) is 0 Å². The second kappa shape index (κ2) is 3.42. The molecule has 0 aromatic carbocycles. The van der Waals surface area contributed by atoms with Crippen molar-refractivity contribution in [3.8, 4) is 11.8 Å². The van der Waals surface area contributed by atoms with Gasteiger partial charge in [-0.1, -0.05) is 5.92 Å². The van der Waals surface area contributed by atoms with Gasteiger partial charge in [0.25, 0.3) is 0 Å². The number of ketones is 1. The first kappa shape index (κ1) is 6.23. The molecule has 0 aliphatic heterocycles. The summed E-state index contributed by atoms with van der Waals surface area (Å²) in [6.07, 6.45) is 1.35. The Morgan fingerprint density at radius 1 is 1.71 bits per heavy atom. The summed E-state index contributed by atoms with van der Waals surface area (Å²) in [5, 5.41) is 0. The number of hydrogen-bond acceptors (Lipinski definition) is 1. The van der Waals surface area contributed by atoms with Crippen molar-refractivity contribution in [1.29, 1.82) is 0 Å². The van der Waals surface area contributed by atoms with Gasteiger partial charge in [-0.25, -0.2) is 0 Å². The molecule has 7 heavy (non-hydrogen) atoms. The van der Waals surface area contributed by atoms with Gasteiger partial charge in [0.05, 0.1) is 6.42 Å². The van der Waals surface area contributed by atoms with Crippen LogP contribution in [0.4, 0.5) is 0 Å². The lowest BCUT2D eigenvalue weighted by atomic mass is 10.3. The molecule has 0 aromatic heterocycles. The molecule has 0 amide bonds. The topological polar surface area (TPSA) is 17.1 Å². The smallest absolute Gasteiger partial charge is 0.146 e. The Balaban J connectivity index is 3.26. The second-order valence-electron chi connectivity index (χ2n) is 1.15. The summed E-state index contributed by atoms with van der Waals surface area (Å²) in [7, 11) is 0. The number of carbonyl (C=O) groups is 1. The van der Waals surface area contributed by atoms with E-state index in [0.29, 0.717) is 0 Å². The van der Waals surface area contributed by atoms with Crippen molar-refractivity contribution < 1.29 is 4.79 Å². The van der Waals surface area contributed by atoms with Crippen molar-refractivity contribution in [2.45, 2.75) is 13.8 Å². The maximum absolute atomic E-state index is 10.0. The molecule has 0 rings (SSSR count). The van der Waals surface area contributed by atoms with Crippen molar-refractivity contribution in [3.05, 3.63) is 6.42 Å². The van der Waals surface area contributed by atoms with Crippen LogP contribution < -0.4 is 0 Å². The number of hydrogen-bond donors (Lipinski definition) is 0. The highest BCUT2D eigenvalue weighted by Gasteiger charge is 1.82. The van der Waals surface area contributed by atoms with Gasteiger partial charge >= 0.3 is 0 Å². The Bertz CT molecular complexity index is 114. The van der Waals surface area contributed by atoms with Gasteiger partial charge in [0.1, 0.15) is 5.78 Å². The van der Waals surface area contributed by atoms with Crippen molar-refractivity contribution in [1.82, 2.24) is 0 Å². The molecule has 0 saturated heterocycles. The van der Waals surface area contributed by atoms with Crippen molar-refractivity contribution >= 4 is 5.78 Å². The van der Waals surface area contributed by atoms with E-state index in [2.05, 4.69) is 11.8 Å². The first-order valence-electron chi connectivity index (χ1n) is 2.03. The van der Waals surface area contributed by atoms with E-state index in [-0.39, 0.29) is 5.78 Å². The molecule has 37 valence electrons. The SMILES string of the molecule is CC#C[CH]C(C)=O. The molecule has 0 bridgehead atoms. The predicted octanol–water partition coefficient (Wildman–Crippen LogP) is 0.803. The van der Waals surface area contributed by atoms with Gasteiger partial charge in [-0.15, -0.1) is 5.92 Å². The molecule has 0 aromatic rings. The molecule has 0 spiro atoms. The summed E-state index contributed by atoms with van der Waals surface area (Å²) in [5.74, 6) is 5.10. The Morgan fingerprint density at radius 2 is 2.29 bits per heavy atom. The highest BCUT2D eigenvalue weighted by atomic mass is 16.1. The van der Waals surface area contributed by atoms with Gasteiger partial charge in [0.2, 0.25) is 0 Å². The van der Waals surface area contributed by atoms with Crippen LogP contribution in [-0.2, 0) is 4.79 Å². The van der Waals surface area contributed by atoms with Crippen LogP contribution >= 0.6 is 0 Å². The van der Waals surface area contributed by atoms with Crippen molar-refractivity contribution in [2.75, 3.05) is 0 Å². The summed E-state index contributed by atoms with van der Waals surface area (Å²) in [6, 6.07) is 0. The van der Waals surface area contributed by atoms with Crippen LogP contribution in [0.2, 0.25) is 0 Å². The lowest BCUT2D eigenvalue weighted by Crippen LogP contribution is -1.84. The third-order valence-electron chi connectivity index (χ3n) is 0.420. The zero-order chi connectivity index (χ0) is 5.70. The Kier molecular flexibility index (Phi) is 3.04. The minimum atomic E-state index is 0.00866. The summed E-state index contributed by atoms with van der Waals surface area (Å²) in [6.45, 7) is 3.17. The van der Waals surface area contributed by atoms with E-state index in [0.717, 1.165) is 0 Å². The normalized spacial score (nSPS) is 6.57. The van der Waals surface area contributed by atoms with Gasteiger partial charge in [0, 0.05) is 0 Å². The van der Waals surface area contributed by atoms with E-state index >= 15 is 0 Å².